The summed E-state index contributed by atoms with van der Waals surface area (Å²) in [5.74, 6) is -1.14. The van der Waals surface area contributed by atoms with Crippen LogP contribution >= 0.6 is 0 Å². The normalized spacial score (nSPS) is 13.5. The van der Waals surface area contributed by atoms with Crippen molar-refractivity contribution in [2.24, 2.45) is 0 Å². The lowest BCUT2D eigenvalue weighted by molar-refractivity contribution is -0.137. The Morgan fingerprint density at radius 2 is 1.89 bits per heavy atom. The molecular weight excluding hydrogens is 446 g/mol. The number of imide groups is 1. The van der Waals surface area contributed by atoms with Gasteiger partial charge < -0.3 is 10.3 Å². The second-order valence-electron chi connectivity index (χ2n) is 8.88. The fourth-order valence-corrected chi connectivity index (χ4v) is 4.27. The molecule has 0 fully saturated rings. The molecule has 0 bridgehead atoms. The Labute approximate surface area is 204 Å². The number of carbonyl (C=O) groups excluding carboxylic acids is 2. The number of amides is 2. The first kappa shape index (κ1) is 24.6. The van der Waals surface area contributed by atoms with Crippen molar-refractivity contribution in [3.05, 3.63) is 82.3 Å². The number of halogens is 1. The van der Waals surface area contributed by atoms with E-state index in [9.17, 15) is 19.0 Å². The zero-order chi connectivity index (χ0) is 25.1. The molecule has 2 aromatic carbocycles. The van der Waals surface area contributed by atoms with Crippen molar-refractivity contribution < 1.29 is 19.0 Å². The van der Waals surface area contributed by atoms with E-state index in [1.54, 1.807) is 19.0 Å². The second kappa shape index (κ2) is 10.4. The zero-order valence-corrected chi connectivity index (χ0v) is 20.1. The number of carbonyl (C=O) groups is 2. The minimum atomic E-state index is -0.624. The maximum atomic E-state index is 13.5. The molecule has 0 saturated carbocycles. The molecule has 180 valence electrons. The maximum Gasteiger partial charge on any atom is 0.373 e. The van der Waals surface area contributed by atoms with Crippen LogP contribution in [0.3, 0.4) is 0 Å². The quantitative estimate of drug-likeness (QED) is 0.251. The van der Waals surface area contributed by atoms with Crippen LogP contribution in [0, 0.1) is 19.7 Å². The topological polar surface area (TPSA) is 98.3 Å². The number of hydrogen-bond donors (Lipinski definition) is 3. The van der Waals surface area contributed by atoms with E-state index < -0.39 is 7.05 Å². The van der Waals surface area contributed by atoms with Gasteiger partial charge in [-0.05, 0) is 75.4 Å². The van der Waals surface area contributed by atoms with Crippen molar-refractivity contribution in [3.8, 4) is 11.3 Å². The third kappa shape index (κ3) is 5.42. The van der Waals surface area contributed by atoms with E-state index in [1.165, 1.54) is 23.1 Å². The van der Waals surface area contributed by atoms with E-state index in [4.69, 9.17) is 0 Å². The van der Waals surface area contributed by atoms with Crippen LogP contribution in [0.2, 0.25) is 6.82 Å². The van der Waals surface area contributed by atoms with Crippen LogP contribution in [-0.2, 0) is 22.6 Å². The summed E-state index contributed by atoms with van der Waals surface area (Å²) < 4.78 is 13.5. The van der Waals surface area contributed by atoms with Crippen LogP contribution in [0.25, 0.3) is 16.8 Å². The number of aromatic amines is 1. The molecule has 0 saturated heterocycles. The Morgan fingerprint density at radius 1 is 1.14 bits per heavy atom. The minimum absolute atomic E-state index is 0.182. The molecule has 35 heavy (non-hydrogen) atoms. The summed E-state index contributed by atoms with van der Waals surface area (Å²) in [5.41, 5.74) is 5.69. The van der Waals surface area contributed by atoms with E-state index in [-0.39, 0.29) is 29.7 Å². The van der Waals surface area contributed by atoms with Crippen molar-refractivity contribution in [3.63, 3.8) is 0 Å². The first-order valence-electron chi connectivity index (χ1n) is 11.6. The van der Waals surface area contributed by atoms with Gasteiger partial charge in [0.15, 0.2) is 0 Å². The number of nitrogens with one attached hydrogen (secondary N) is 2. The highest BCUT2D eigenvalue weighted by atomic mass is 19.1. The Balaban J connectivity index is 1.66. The van der Waals surface area contributed by atoms with Crippen LogP contribution in [-0.4, -0.2) is 45.5 Å². The molecule has 0 atom stereocenters. The summed E-state index contributed by atoms with van der Waals surface area (Å²) in [5, 5.41) is 19.8. The number of aromatic nitrogens is 2. The molecule has 0 aliphatic carbocycles. The SMILES string of the molecule is CB(O)NCCCc1[nH]nc(-c2ccc(F)cc2)c1C1=CC(=O)N(Cc2ccc(C)cc2C)C1=O. The Morgan fingerprint density at radius 3 is 2.57 bits per heavy atom. The van der Waals surface area contributed by atoms with Crippen LogP contribution in [0.1, 0.15) is 34.4 Å². The van der Waals surface area contributed by atoms with Crippen molar-refractivity contribution in [1.82, 2.24) is 20.3 Å². The molecule has 3 aromatic rings. The Kier molecular flexibility index (Phi) is 7.28. The summed E-state index contributed by atoms with van der Waals surface area (Å²) in [7, 11) is -0.624. The molecule has 0 spiro atoms. The van der Waals surface area contributed by atoms with Gasteiger partial charge in [-0.1, -0.05) is 23.8 Å². The average Bonchev–Trinajstić information content (AvgIpc) is 3.34. The van der Waals surface area contributed by atoms with Gasteiger partial charge in [0.05, 0.1) is 12.1 Å². The molecule has 0 radical (unpaired) electrons. The van der Waals surface area contributed by atoms with E-state index in [1.807, 2.05) is 32.0 Å². The van der Waals surface area contributed by atoms with E-state index >= 15 is 0 Å². The van der Waals surface area contributed by atoms with Gasteiger partial charge >= 0.3 is 7.05 Å². The highest BCUT2D eigenvalue weighted by Crippen LogP contribution is 2.35. The Bertz CT molecular complexity index is 1280. The largest absolute Gasteiger partial charge is 0.437 e. The summed E-state index contributed by atoms with van der Waals surface area (Å²) in [4.78, 5) is 27.7. The van der Waals surface area contributed by atoms with Crippen LogP contribution in [0.4, 0.5) is 4.39 Å². The van der Waals surface area contributed by atoms with Crippen LogP contribution in [0.5, 0.6) is 0 Å². The molecule has 2 amide bonds. The zero-order valence-electron chi connectivity index (χ0n) is 20.1. The average molecular weight is 474 g/mol. The molecule has 1 aliphatic heterocycles. The van der Waals surface area contributed by atoms with Gasteiger partial charge in [0.1, 0.15) is 11.5 Å². The number of benzene rings is 2. The van der Waals surface area contributed by atoms with Crippen LogP contribution in [0.15, 0.2) is 48.5 Å². The first-order valence-corrected chi connectivity index (χ1v) is 11.6. The fourth-order valence-electron chi connectivity index (χ4n) is 4.27. The lowest BCUT2D eigenvalue weighted by atomic mass is 9.88. The number of H-pyrrole nitrogens is 1. The number of nitrogens with zero attached hydrogens (tertiary/aromatic N) is 2. The monoisotopic (exact) mass is 474 g/mol. The van der Waals surface area contributed by atoms with Gasteiger partial charge in [-0.3, -0.25) is 19.6 Å². The summed E-state index contributed by atoms with van der Waals surface area (Å²) in [6, 6.07) is 11.8. The molecule has 3 N–H and O–H groups in total. The van der Waals surface area contributed by atoms with Gasteiger partial charge in [-0.2, -0.15) is 5.10 Å². The van der Waals surface area contributed by atoms with Gasteiger partial charge in [0, 0.05) is 22.9 Å². The third-order valence-electron chi connectivity index (χ3n) is 6.11. The van der Waals surface area contributed by atoms with E-state index in [2.05, 4.69) is 15.4 Å². The van der Waals surface area contributed by atoms with Gasteiger partial charge in [-0.15, -0.1) is 0 Å². The highest BCUT2D eigenvalue weighted by molar-refractivity contribution is 6.45. The predicted octanol–water partition coefficient (Wildman–Crippen LogP) is 3.42. The lowest BCUT2D eigenvalue weighted by Crippen LogP contribution is -2.31. The predicted molar refractivity (Wildman–Crippen MR) is 134 cm³/mol. The third-order valence-corrected chi connectivity index (χ3v) is 6.11. The molecule has 9 heteroatoms. The minimum Gasteiger partial charge on any atom is -0.437 e. The highest BCUT2D eigenvalue weighted by Gasteiger charge is 2.35. The Hall–Kier alpha value is -3.56. The number of hydrogen-bond acceptors (Lipinski definition) is 5. The number of rotatable bonds is 9. The van der Waals surface area contributed by atoms with Gasteiger partial charge in [-0.25, -0.2) is 4.39 Å². The van der Waals surface area contributed by atoms with Gasteiger partial charge in [0.2, 0.25) is 0 Å². The first-order chi connectivity index (χ1) is 16.7. The van der Waals surface area contributed by atoms with Crippen molar-refractivity contribution in [2.45, 2.75) is 40.1 Å². The summed E-state index contributed by atoms with van der Waals surface area (Å²) >= 11 is 0. The standard InChI is InChI=1S/C26H28BFN4O3/c1-16-6-7-19(17(2)13-16)15-32-23(33)14-21(26(32)34)24-22(5-4-12-29-27(3)35)30-31-25(24)18-8-10-20(28)11-9-18/h6-11,13-14,29,35H,4-5,12,15H2,1-3H3,(H,30,31). The van der Waals surface area contributed by atoms with Crippen LogP contribution < -0.4 is 5.23 Å². The van der Waals surface area contributed by atoms with Gasteiger partial charge in [0.25, 0.3) is 11.8 Å². The molecule has 7 nitrogen and oxygen atoms in total. The number of aryl methyl sites for hydroxylation is 3. The molecule has 0 unspecified atom stereocenters. The molecular formula is C26H28BFN4O3. The molecule has 4 rings (SSSR count). The lowest BCUT2D eigenvalue weighted by Gasteiger charge is -2.17. The molecule has 1 aromatic heterocycles. The smallest absolute Gasteiger partial charge is 0.373 e. The van der Waals surface area contributed by atoms with Crippen molar-refractivity contribution >= 4 is 24.4 Å². The van der Waals surface area contributed by atoms with E-state index in [0.29, 0.717) is 41.9 Å². The maximum absolute atomic E-state index is 13.5. The van der Waals surface area contributed by atoms with Crippen molar-refractivity contribution in [1.29, 1.82) is 0 Å². The van der Waals surface area contributed by atoms with Crippen molar-refractivity contribution in [2.75, 3.05) is 6.54 Å². The second-order valence-corrected chi connectivity index (χ2v) is 8.88. The molecule has 1 aliphatic rings. The van der Waals surface area contributed by atoms with E-state index in [0.717, 1.165) is 16.7 Å². The summed E-state index contributed by atoms with van der Waals surface area (Å²) in [6.07, 6.45) is 2.57. The molecule has 2 heterocycles. The summed E-state index contributed by atoms with van der Waals surface area (Å²) in [6.45, 7) is 6.35. The fraction of sp³-hybridized carbons (Fsp3) is 0.269.